The Morgan fingerprint density at radius 2 is 2.16 bits per heavy atom. The highest BCUT2D eigenvalue weighted by Crippen LogP contribution is 2.19. The minimum atomic E-state index is -0.854. The molecule has 3 aromatic rings. The van der Waals surface area contributed by atoms with Gasteiger partial charge in [-0.1, -0.05) is 30.4 Å². The van der Waals surface area contributed by atoms with Crippen LogP contribution in [0.1, 0.15) is 28.0 Å². The maximum atomic E-state index is 12.1. The van der Waals surface area contributed by atoms with Crippen LogP contribution in [-0.2, 0) is 17.8 Å². The molecule has 0 spiro atoms. The van der Waals surface area contributed by atoms with Crippen molar-refractivity contribution in [3.63, 3.8) is 0 Å². The number of nitrogens with zero attached hydrogens (tertiary/aromatic N) is 4. The summed E-state index contributed by atoms with van der Waals surface area (Å²) in [5.41, 5.74) is -0.622. The molecule has 25 heavy (non-hydrogen) atoms. The minimum absolute atomic E-state index is 0.156. The molecule has 0 fully saturated rings. The summed E-state index contributed by atoms with van der Waals surface area (Å²) in [6, 6.07) is 6.71. The number of hydrogen-bond acceptors (Lipinski definition) is 8. The Morgan fingerprint density at radius 3 is 2.88 bits per heavy atom. The van der Waals surface area contributed by atoms with E-state index in [1.54, 1.807) is 0 Å². The number of rotatable bonds is 5. The van der Waals surface area contributed by atoms with Crippen LogP contribution < -0.4 is 5.56 Å². The molecule has 0 saturated heterocycles. The molecule has 0 radical (unpaired) electrons. The van der Waals surface area contributed by atoms with Crippen LogP contribution in [0.3, 0.4) is 0 Å². The van der Waals surface area contributed by atoms with Crippen LogP contribution in [0.4, 0.5) is 5.69 Å². The van der Waals surface area contributed by atoms with Crippen molar-refractivity contribution < 1.29 is 14.5 Å². The first kappa shape index (κ1) is 16.7. The van der Waals surface area contributed by atoms with E-state index in [9.17, 15) is 19.7 Å². The van der Waals surface area contributed by atoms with Crippen molar-refractivity contribution in [3.05, 3.63) is 67.1 Å². The molecule has 1 aromatic carbocycles. The van der Waals surface area contributed by atoms with E-state index in [-0.39, 0.29) is 29.1 Å². The molecule has 0 atom stereocenters. The van der Waals surface area contributed by atoms with Crippen molar-refractivity contribution in [3.8, 4) is 0 Å². The van der Waals surface area contributed by atoms with Crippen molar-refractivity contribution in [2.45, 2.75) is 20.0 Å². The second kappa shape index (κ2) is 6.77. The number of aromatic nitrogens is 3. The summed E-state index contributed by atoms with van der Waals surface area (Å²) in [4.78, 5) is 39.1. The smallest absolute Gasteiger partial charge is 0.345 e. The topological polar surface area (TPSA) is 117 Å². The normalized spacial score (nSPS) is 10.8. The maximum absolute atomic E-state index is 12.1. The average Bonchev–Trinajstić information content (AvgIpc) is 3.03. The van der Waals surface area contributed by atoms with Gasteiger partial charge >= 0.3 is 5.97 Å². The van der Waals surface area contributed by atoms with Gasteiger partial charge in [-0.2, -0.15) is 9.61 Å². The van der Waals surface area contributed by atoms with E-state index in [1.807, 2.05) is 6.92 Å². The molecule has 128 valence electrons. The van der Waals surface area contributed by atoms with Gasteiger partial charge in [0.05, 0.1) is 10.6 Å². The fourth-order valence-corrected chi connectivity index (χ4v) is 2.99. The number of aryl methyl sites for hydroxylation is 1. The summed E-state index contributed by atoms with van der Waals surface area (Å²) >= 11 is 1.27. The van der Waals surface area contributed by atoms with Crippen molar-refractivity contribution in [2.75, 3.05) is 0 Å². The molecule has 0 N–H and O–H groups in total. The van der Waals surface area contributed by atoms with Crippen LogP contribution in [0.15, 0.2) is 35.1 Å². The molecular formula is C15H12N4O5S. The number of hydrogen-bond donors (Lipinski definition) is 0. The largest absolute Gasteiger partial charge is 0.455 e. The maximum Gasteiger partial charge on any atom is 0.345 e. The van der Waals surface area contributed by atoms with Gasteiger partial charge in [0.15, 0.2) is 0 Å². The Balaban J connectivity index is 1.82. The number of benzene rings is 1. The fraction of sp³-hybridized carbons (Fsp3) is 0.200. The molecule has 2 aromatic heterocycles. The number of ether oxygens (including phenoxy) is 1. The molecule has 0 saturated carbocycles. The zero-order chi connectivity index (χ0) is 18.0. The van der Waals surface area contributed by atoms with Crippen LogP contribution in [0.5, 0.6) is 0 Å². The van der Waals surface area contributed by atoms with Gasteiger partial charge in [0.1, 0.15) is 17.2 Å². The van der Waals surface area contributed by atoms with E-state index in [1.165, 1.54) is 46.2 Å². The van der Waals surface area contributed by atoms with E-state index in [2.05, 4.69) is 10.1 Å². The lowest BCUT2D eigenvalue weighted by Crippen LogP contribution is -2.17. The van der Waals surface area contributed by atoms with Gasteiger partial charge in [-0.3, -0.25) is 14.9 Å². The average molecular weight is 360 g/mol. The molecule has 0 amide bonds. The molecule has 9 nitrogen and oxygen atoms in total. The first-order chi connectivity index (χ1) is 12.0. The number of nitro benzene ring substituents is 1. The van der Waals surface area contributed by atoms with Gasteiger partial charge in [0.2, 0.25) is 4.96 Å². The van der Waals surface area contributed by atoms with Crippen LogP contribution in [0.25, 0.3) is 4.96 Å². The van der Waals surface area contributed by atoms with Gasteiger partial charge in [-0.25, -0.2) is 9.78 Å². The summed E-state index contributed by atoms with van der Waals surface area (Å²) in [6.07, 6.45) is 0.676. The lowest BCUT2D eigenvalue weighted by atomic mass is 10.2. The predicted octanol–water partition coefficient (Wildman–Crippen LogP) is 1.98. The first-order valence-corrected chi connectivity index (χ1v) is 8.10. The van der Waals surface area contributed by atoms with E-state index in [0.717, 1.165) is 5.01 Å². The fourth-order valence-electron chi connectivity index (χ4n) is 2.14. The molecule has 0 unspecified atom stereocenters. The Morgan fingerprint density at radius 1 is 1.40 bits per heavy atom. The molecule has 0 aliphatic carbocycles. The number of fused-ring (bicyclic) bond motifs is 1. The van der Waals surface area contributed by atoms with Gasteiger partial charge in [0.25, 0.3) is 11.2 Å². The summed E-state index contributed by atoms with van der Waals surface area (Å²) in [5.74, 6) is -0.854. The van der Waals surface area contributed by atoms with E-state index in [0.29, 0.717) is 11.4 Å². The standard InChI is InChI=1S/C15H12N4O5S/c1-2-12-17-18-13(20)7-9(16-15(18)25-12)8-24-14(21)10-5-3-4-6-11(10)19(22)23/h3-7H,2,8H2,1H3. The van der Waals surface area contributed by atoms with E-state index < -0.39 is 10.9 Å². The quantitative estimate of drug-likeness (QED) is 0.388. The molecule has 3 rings (SSSR count). The molecule has 10 heteroatoms. The van der Waals surface area contributed by atoms with Crippen molar-refractivity contribution in [1.29, 1.82) is 0 Å². The summed E-state index contributed by atoms with van der Waals surface area (Å²) in [6.45, 7) is 1.65. The third kappa shape index (κ3) is 3.38. The van der Waals surface area contributed by atoms with Crippen molar-refractivity contribution >= 4 is 28.0 Å². The summed E-state index contributed by atoms with van der Waals surface area (Å²) in [5, 5.41) is 15.8. The molecule has 2 heterocycles. The van der Waals surface area contributed by atoms with Gasteiger partial charge in [0, 0.05) is 12.1 Å². The van der Waals surface area contributed by atoms with Crippen molar-refractivity contribution in [1.82, 2.24) is 14.6 Å². The van der Waals surface area contributed by atoms with Gasteiger partial charge < -0.3 is 4.74 Å². The Labute approximate surface area is 144 Å². The first-order valence-electron chi connectivity index (χ1n) is 7.28. The third-order valence-electron chi connectivity index (χ3n) is 3.31. The Bertz CT molecular complexity index is 1030. The molecule has 0 bridgehead atoms. The highest BCUT2D eigenvalue weighted by Gasteiger charge is 2.20. The molecule has 0 aliphatic heterocycles. The van der Waals surface area contributed by atoms with E-state index in [4.69, 9.17) is 4.74 Å². The predicted molar refractivity (Wildman–Crippen MR) is 88.7 cm³/mol. The SMILES string of the molecule is CCc1nn2c(=O)cc(COC(=O)c3ccccc3[N+](=O)[O-])nc2s1. The Kier molecular flexibility index (Phi) is 4.52. The number of para-hydroxylation sites is 1. The highest BCUT2D eigenvalue weighted by atomic mass is 32.1. The number of carbonyl (C=O) groups excluding carboxylic acids is 1. The zero-order valence-corrected chi connectivity index (χ0v) is 13.9. The summed E-state index contributed by atoms with van der Waals surface area (Å²) < 4.78 is 6.26. The number of nitro groups is 1. The van der Waals surface area contributed by atoms with Crippen LogP contribution in [0.2, 0.25) is 0 Å². The molecular weight excluding hydrogens is 348 g/mol. The van der Waals surface area contributed by atoms with Crippen LogP contribution in [-0.4, -0.2) is 25.5 Å². The second-order valence-corrected chi connectivity index (χ2v) is 6.02. The van der Waals surface area contributed by atoms with Crippen LogP contribution >= 0.6 is 11.3 Å². The van der Waals surface area contributed by atoms with Gasteiger partial charge in [-0.05, 0) is 12.5 Å². The highest BCUT2D eigenvalue weighted by molar-refractivity contribution is 7.16. The van der Waals surface area contributed by atoms with Crippen molar-refractivity contribution in [2.24, 2.45) is 0 Å². The van der Waals surface area contributed by atoms with E-state index >= 15 is 0 Å². The van der Waals surface area contributed by atoms with Crippen LogP contribution in [0, 0.1) is 10.1 Å². The third-order valence-corrected chi connectivity index (χ3v) is 4.37. The number of esters is 1. The minimum Gasteiger partial charge on any atom is -0.455 e. The zero-order valence-electron chi connectivity index (χ0n) is 13.0. The lowest BCUT2D eigenvalue weighted by molar-refractivity contribution is -0.385. The summed E-state index contributed by atoms with van der Waals surface area (Å²) in [7, 11) is 0. The lowest BCUT2D eigenvalue weighted by Gasteiger charge is -2.05. The number of carbonyl (C=O) groups is 1. The Hall–Kier alpha value is -3.14. The van der Waals surface area contributed by atoms with Gasteiger partial charge in [-0.15, -0.1) is 0 Å². The second-order valence-electron chi connectivity index (χ2n) is 4.98. The monoisotopic (exact) mass is 360 g/mol. The molecule has 0 aliphatic rings.